The van der Waals surface area contributed by atoms with Crippen molar-refractivity contribution in [3.05, 3.63) is 34.6 Å². The van der Waals surface area contributed by atoms with Gasteiger partial charge in [-0.3, -0.25) is 0 Å². The topological polar surface area (TPSA) is 46.5 Å². The van der Waals surface area contributed by atoms with Crippen molar-refractivity contribution in [1.29, 1.82) is 0 Å². The number of aliphatic hydroxyl groups excluding tert-OH is 1. The molecule has 4 heteroatoms. The van der Waals surface area contributed by atoms with Gasteiger partial charge in [0.05, 0.1) is 11.7 Å². The molecule has 0 bridgehead atoms. The monoisotopic (exact) mass is 416 g/mol. The maximum Gasteiger partial charge on any atom is 0.341 e. The molecule has 0 spiro atoms. The summed E-state index contributed by atoms with van der Waals surface area (Å²) in [6, 6.07) is 3.41. The van der Waals surface area contributed by atoms with Gasteiger partial charge in [0.25, 0.3) is 0 Å². The van der Waals surface area contributed by atoms with Gasteiger partial charge in [-0.05, 0) is 74.7 Å². The largest absolute Gasteiger partial charge is 0.458 e. The van der Waals surface area contributed by atoms with Crippen LogP contribution >= 0.6 is 0 Å². The first-order valence-corrected chi connectivity index (χ1v) is 12.2. The first-order valence-electron chi connectivity index (χ1n) is 12.2. The molecule has 0 amide bonds. The molecule has 1 aromatic rings. The minimum Gasteiger partial charge on any atom is -0.458 e. The first-order chi connectivity index (χ1) is 14.5. The van der Waals surface area contributed by atoms with Crippen molar-refractivity contribution >= 4 is 5.97 Å². The van der Waals surface area contributed by atoms with Crippen molar-refractivity contribution in [1.82, 2.24) is 0 Å². The van der Waals surface area contributed by atoms with Crippen LogP contribution in [0.2, 0.25) is 0 Å². The molecule has 2 aliphatic carbocycles. The molecule has 0 radical (unpaired) electrons. The highest BCUT2D eigenvalue weighted by Crippen LogP contribution is 2.44. The summed E-state index contributed by atoms with van der Waals surface area (Å²) in [4.78, 5) is 12.6. The lowest BCUT2D eigenvalue weighted by atomic mass is 9.67. The summed E-state index contributed by atoms with van der Waals surface area (Å²) in [5, 5.41) is 9.73. The number of halogens is 1. The molecule has 3 nitrogen and oxygen atoms in total. The lowest BCUT2D eigenvalue weighted by Gasteiger charge is -2.40. The molecular formula is C26H37FO3. The van der Waals surface area contributed by atoms with Crippen molar-refractivity contribution in [2.45, 2.75) is 96.7 Å². The van der Waals surface area contributed by atoms with E-state index >= 15 is 0 Å². The average Bonchev–Trinajstić information content (AvgIpc) is 2.74. The number of esters is 1. The van der Waals surface area contributed by atoms with Crippen LogP contribution < -0.4 is 0 Å². The number of rotatable bonds is 5. The van der Waals surface area contributed by atoms with Crippen LogP contribution in [-0.4, -0.2) is 17.2 Å². The summed E-state index contributed by atoms with van der Waals surface area (Å²) in [6.07, 6.45) is 12.6. The van der Waals surface area contributed by atoms with Gasteiger partial charge in [-0.15, -0.1) is 0 Å². The Hall–Kier alpha value is -1.42. The van der Waals surface area contributed by atoms with E-state index in [1.54, 1.807) is 12.1 Å². The minimum absolute atomic E-state index is 0.0298. The second-order valence-electron chi connectivity index (χ2n) is 10.1. The third-order valence-corrected chi connectivity index (χ3v) is 8.19. The van der Waals surface area contributed by atoms with Gasteiger partial charge in [-0.1, -0.05) is 44.7 Å². The molecule has 166 valence electrons. The summed E-state index contributed by atoms with van der Waals surface area (Å²) in [5.41, 5.74) is 0.926. The van der Waals surface area contributed by atoms with Crippen molar-refractivity contribution in [2.24, 2.45) is 23.7 Å². The van der Waals surface area contributed by atoms with E-state index in [1.807, 2.05) is 0 Å². The zero-order chi connectivity index (χ0) is 21.3. The van der Waals surface area contributed by atoms with Crippen molar-refractivity contribution in [3.8, 4) is 0 Å². The molecule has 2 atom stereocenters. The summed E-state index contributed by atoms with van der Waals surface area (Å²) >= 11 is 0. The summed E-state index contributed by atoms with van der Waals surface area (Å²) in [7, 11) is 0. The molecule has 30 heavy (non-hydrogen) atoms. The van der Waals surface area contributed by atoms with Gasteiger partial charge in [-0.25, -0.2) is 9.18 Å². The number of fused-ring (bicyclic) bond motifs is 1. The summed E-state index contributed by atoms with van der Waals surface area (Å²) < 4.78 is 20.4. The van der Waals surface area contributed by atoms with Gasteiger partial charge in [0.15, 0.2) is 0 Å². The number of carbonyl (C=O) groups excluding carboxylic acids is 1. The molecule has 2 unspecified atom stereocenters. The van der Waals surface area contributed by atoms with Crippen molar-refractivity contribution in [2.75, 3.05) is 0 Å². The van der Waals surface area contributed by atoms with Crippen molar-refractivity contribution < 1.29 is 19.0 Å². The Morgan fingerprint density at radius 3 is 2.23 bits per heavy atom. The number of benzene rings is 1. The van der Waals surface area contributed by atoms with E-state index in [0.29, 0.717) is 12.3 Å². The zero-order valence-corrected chi connectivity index (χ0v) is 18.5. The normalized spacial score (nSPS) is 32.9. The number of hydrogen-bond donors (Lipinski definition) is 1. The SMILES string of the molecule is CCCC1CCC(C2CCC(C3Cc4ccc(C(C)O)c(F)c4C(=O)O3)CC2)CC1. The van der Waals surface area contributed by atoms with Crippen LogP contribution in [-0.2, 0) is 11.2 Å². The first kappa shape index (κ1) is 21.8. The van der Waals surface area contributed by atoms with Gasteiger partial charge >= 0.3 is 5.97 Å². The fraction of sp³-hybridized carbons (Fsp3) is 0.731. The Morgan fingerprint density at radius 1 is 1.03 bits per heavy atom. The van der Waals surface area contributed by atoms with Crippen LogP contribution in [0.15, 0.2) is 12.1 Å². The predicted molar refractivity (Wildman–Crippen MR) is 116 cm³/mol. The molecule has 0 aromatic heterocycles. The second-order valence-corrected chi connectivity index (χ2v) is 10.1. The molecule has 1 N–H and O–H groups in total. The molecule has 1 aliphatic heterocycles. The quantitative estimate of drug-likeness (QED) is 0.567. The van der Waals surface area contributed by atoms with Crippen LogP contribution in [0.4, 0.5) is 4.39 Å². The fourth-order valence-corrected chi connectivity index (χ4v) is 6.41. The fourth-order valence-electron chi connectivity index (χ4n) is 6.41. The van der Waals surface area contributed by atoms with E-state index in [9.17, 15) is 14.3 Å². The lowest BCUT2D eigenvalue weighted by molar-refractivity contribution is -0.00403. The molecule has 4 rings (SSSR count). The number of cyclic esters (lactones) is 1. The van der Waals surface area contributed by atoms with E-state index in [2.05, 4.69) is 6.92 Å². The van der Waals surface area contributed by atoms with E-state index in [-0.39, 0.29) is 17.2 Å². The molecule has 0 saturated heterocycles. The molecular weight excluding hydrogens is 379 g/mol. The Labute approximate surface area is 180 Å². The minimum atomic E-state index is -0.937. The van der Waals surface area contributed by atoms with Crippen molar-refractivity contribution in [3.63, 3.8) is 0 Å². The van der Waals surface area contributed by atoms with Crippen LogP contribution in [0, 0.1) is 29.5 Å². The predicted octanol–water partition coefficient (Wildman–Crippen LogP) is 6.37. The van der Waals surface area contributed by atoms with Gasteiger partial charge < -0.3 is 9.84 Å². The number of aliphatic hydroxyl groups is 1. The highest BCUT2D eigenvalue weighted by molar-refractivity contribution is 5.92. The van der Waals surface area contributed by atoms with E-state index in [0.717, 1.165) is 36.2 Å². The van der Waals surface area contributed by atoms with Crippen LogP contribution in [0.1, 0.15) is 106 Å². The molecule has 3 aliphatic rings. The average molecular weight is 417 g/mol. The Kier molecular flexibility index (Phi) is 6.81. The number of carbonyl (C=O) groups is 1. The van der Waals surface area contributed by atoms with E-state index < -0.39 is 17.9 Å². The van der Waals surface area contributed by atoms with Crippen LogP contribution in [0.25, 0.3) is 0 Å². The maximum atomic E-state index is 14.7. The summed E-state index contributed by atoms with van der Waals surface area (Å²) in [6.45, 7) is 3.81. The standard InChI is InChI=1S/C26H37FO3/c1-3-4-17-5-7-18(8-6-17)19-9-11-20(12-10-19)23-15-21-13-14-22(16(2)28)25(27)24(21)26(29)30-23/h13-14,16-20,23,28H,3-12,15H2,1-2H3. The molecule has 1 heterocycles. The maximum absolute atomic E-state index is 14.7. The van der Waals surface area contributed by atoms with Crippen LogP contribution in [0.5, 0.6) is 0 Å². The number of ether oxygens (including phenoxy) is 1. The molecule has 1 aromatic carbocycles. The summed E-state index contributed by atoms with van der Waals surface area (Å²) in [5.74, 6) is 1.89. The van der Waals surface area contributed by atoms with Gasteiger partial charge in [0.2, 0.25) is 0 Å². The lowest BCUT2D eigenvalue weighted by Crippen LogP contribution is -2.37. The zero-order valence-electron chi connectivity index (χ0n) is 18.5. The van der Waals surface area contributed by atoms with Gasteiger partial charge in [0, 0.05) is 12.0 Å². The highest BCUT2D eigenvalue weighted by atomic mass is 19.1. The number of hydrogen-bond acceptors (Lipinski definition) is 3. The Bertz CT molecular complexity index is 743. The Morgan fingerprint density at radius 2 is 1.63 bits per heavy atom. The van der Waals surface area contributed by atoms with E-state index in [4.69, 9.17) is 4.74 Å². The third-order valence-electron chi connectivity index (χ3n) is 8.19. The third kappa shape index (κ3) is 4.44. The smallest absolute Gasteiger partial charge is 0.341 e. The molecule has 2 fully saturated rings. The van der Waals surface area contributed by atoms with Crippen LogP contribution in [0.3, 0.4) is 0 Å². The molecule has 2 saturated carbocycles. The Balaban J connectivity index is 1.34. The van der Waals surface area contributed by atoms with Gasteiger partial charge in [-0.2, -0.15) is 0 Å². The van der Waals surface area contributed by atoms with Gasteiger partial charge in [0.1, 0.15) is 11.9 Å². The highest BCUT2D eigenvalue weighted by Gasteiger charge is 2.38. The van der Waals surface area contributed by atoms with E-state index in [1.165, 1.54) is 58.3 Å². The second kappa shape index (κ2) is 9.38.